The lowest BCUT2D eigenvalue weighted by molar-refractivity contribution is 0.457. The average molecular weight is 281 g/mol. The predicted octanol–water partition coefficient (Wildman–Crippen LogP) is 3.49. The molecular weight excluding hydrogens is 265 g/mol. The molecular formula is C17H16FN3. The van der Waals surface area contributed by atoms with Crippen LogP contribution in [0.1, 0.15) is 23.6 Å². The van der Waals surface area contributed by atoms with Crippen LogP contribution in [0.15, 0.2) is 42.5 Å². The van der Waals surface area contributed by atoms with Crippen molar-refractivity contribution in [2.75, 3.05) is 5.73 Å². The highest BCUT2D eigenvalue weighted by Gasteiger charge is 2.23. The zero-order chi connectivity index (χ0) is 14.4. The Morgan fingerprint density at radius 2 is 1.90 bits per heavy atom. The zero-order valence-electron chi connectivity index (χ0n) is 11.6. The monoisotopic (exact) mass is 281 g/mol. The molecule has 1 aliphatic rings. The molecule has 3 aromatic rings. The van der Waals surface area contributed by atoms with E-state index < -0.39 is 0 Å². The number of para-hydroxylation sites is 1. The molecule has 1 atom stereocenters. The van der Waals surface area contributed by atoms with E-state index in [-0.39, 0.29) is 11.9 Å². The van der Waals surface area contributed by atoms with E-state index in [1.54, 1.807) is 6.07 Å². The predicted molar refractivity (Wildman–Crippen MR) is 81.6 cm³/mol. The standard InChI is InChI=1S/C17H16FN3/c18-14-6-3-7-15-16(14)20-17(19)21(15)13-9-8-11-4-1-2-5-12(11)10-13/h1-7,13H,8-10H2,(H2,19,20). The highest BCUT2D eigenvalue weighted by atomic mass is 19.1. The van der Waals surface area contributed by atoms with Gasteiger partial charge in [-0.15, -0.1) is 0 Å². The SMILES string of the molecule is Nc1nc2c(F)cccc2n1C1CCc2ccccc2C1. The second kappa shape index (κ2) is 4.58. The lowest BCUT2D eigenvalue weighted by Gasteiger charge is -2.27. The molecule has 21 heavy (non-hydrogen) atoms. The Morgan fingerprint density at radius 3 is 2.76 bits per heavy atom. The quantitative estimate of drug-likeness (QED) is 0.742. The molecule has 106 valence electrons. The van der Waals surface area contributed by atoms with E-state index in [1.165, 1.54) is 17.2 Å². The van der Waals surface area contributed by atoms with E-state index in [4.69, 9.17) is 5.73 Å². The molecule has 1 heterocycles. The van der Waals surface area contributed by atoms with Crippen molar-refractivity contribution in [1.29, 1.82) is 0 Å². The van der Waals surface area contributed by atoms with E-state index in [2.05, 4.69) is 29.2 Å². The number of nitrogen functional groups attached to an aromatic ring is 1. The number of aryl methyl sites for hydroxylation is 1. The Kier molecular flexibility index (Phi) is 2.70. The first-order valence-corrected chi connectivity index (χ1v) is 7.23. The summed E-state index contributed by atoms with van der Waals surface area (Å²) >= 11 is 0. The molecule has 0 saturated carbocycles. The molecule has 1 aromatic heterocycles. The summed E-state index contributed by atoms with van der Waals surface area (Å²) in [5, 5.41) is 0. The summed E-state index contributed by atoms with van der Waals surface area (Å²) in [6.07, 6.45) is 2.95. The maximum atomic E-state index is 13.9. The number of aromatic nitrogens is 2. The number of benzene rings is 2. The van der Waals surface area contributed by atoms with Crippen LogP contribution in [0, 0.1) is 5.82 Å². The lowest BCUT2D eigenvalue weighted by atomic mass is 9.88. The Hall–Kier alpha value is -2.36. The first kappa shape index (κ1) is 12.4. The van der Waals surface area contributed by atoms with Crippen molar-refractivity contribution < 1.29 is 4.39 Å². The van der Waals surface area contributed by atoms with Crippen LogP contribution in [0.4, 0.5) is 10.3 Å². The van der Waals surface area contributed by atoms with Gasteiger partial charge in [0.2, 0.25) is 5.95 Å². The van der Waals surface area contributed by atoms with Gasteiger partial charge in [0.1, 0.15) is 5.52 Å². The van der Waals surface area contributed by atoms with E-state index in [0.717, 1.165) is 24.8 Å². The van der Waals surface area contributed by atoms with Crippen LogP contribution in [0.2, 0.25) is 0 Å². The van der Waals surface area contributed by atoms with Gasteiger partial charge in [-0.2, -0.15) is 0 Å². The number of rotatable bonds is 1. The molecule has 2 aromatic carbocycles. The highest BCUT2D eigenvalue weighted by molar-refractivity contribution is 5.79. The number of fused-ring (bicyclic) bond motifs is 2. The van der Waals surface area contributed by atoms with Crippen molar-refractivity contribution in [3.8, 4) is 0 Å². The molecule has 2 N–H and O–H groups in total. The summed E-state index contributed by atoms with van der Waals surface area (Å²) in [7, 11) is 0. The Balaban J connectivity index is 1.82. The molecule has 3 nitrogen and oxygen atoms in total. The van der Waals surface area contributed by atoms with E-state index in [1.807, 2.05) is 10.6 Å². The van der Waals surface area contributed by atoms with Gasteiger partial charge in [-0.25, -0.2) is 9.37 Å². The third kappa shape index (κ3) is 1.90. The topological polar surface area (TPSA) is 43.8 Å². The Labute approximate surface area is 122 Å². The zero-order valence-corrected chi connectivity index (χ0v) is 11.6. The van der Waals surface area contributed by atoms with Gasteiger partial charge in [-0.1, -0.05) is 30.3 Å². The van der Waals surface area contributed by atoms with Crippen molar-refractivity contribution in [3.63, 3.8) is 0 Å². The highest BCUT2D eigenvalue weighted by Crippen LogP contribution is 2.33. The van der Waals surface area contributed by atoms with Crippen LogP contribution in [0.25, 0.3) is 11.0 Å². The minimum Gasteiger partial charge on any atom is -0.369 e. The summed E-state index contributed by atoms with van der Waals surface area (Å²) in [5.74, 6) is 0.0913. The minimum atomic E-state index is -0.311. The van der Waals surface area contributed by atoms with Crippen molar-refractivity contribution in [1.82, 2.24) is 9.55 Å². The van der Waals surface area contributed by atoms with Gasteiger partial charge in [0.15, 0.2) is 5.82 Å². The lowest BCUT2D eigenvalue weighted by Crippen LogP contribution is -2.20. The van der Waals surface area contributed by atoms with E-state index in [9.17, 15) is 4.39 Å². The summed E-state index contributed by atoms with van der Waals surface area (Å²) < 4.78 is 15.8. The number of halogens is 1. The van der Waals surface area contributed by atoms with Crippen LogP contribution in [-0.4, -0.2) is 9.55 Å². The fraction of sp³-hybridized carbons (Fsp3) is 0.235. The Bertz CT molecular complexity index is 822. The second-order valence-electron chi connectivity index (χ2n) is 5.61. The average Bonchev–Trinajstić information content (AvgIpc) is 2.84. The number of imidazole rings is 1. The van der Waals surface area contributed by atoms with Gasteiger partial charge < -0.3 is 10.3 Å². The molecule has 0 radical (unpaired) electrons. The summed E-state index contributed by atoms with van der Waals surface area (Å²) in [5.41, 5.74) is 9.97. The van der Waals surface area contributed by atoms with Crippen molar-refractivity contribution in [3.05, 3.63) is 59.4 Å². The van der Waals surface area contributed by atoms with Gasteiger partial charge in [-0.05, 0) is 42.5 Å². The van der Waals surface area contributed by atoms with Crippen molar-refractivity contribution in [2.24, 2.45) is 0 Å². The second-order valence-corrected chi connectivity index (χ2v) is 5.61. The molecule has 0 bridgehead atoms. The van der Waals surface area contributed by atoms with Crippen LogP contribution < -0.4 is 5.73 Å². The molecule has 4 rings (SSSR count). The van der Waals surface area contributed by atoms with E-state index >= 15 is 0 Å². The Morgan fingerprint density at radius 1 is 1.10 bits per heavy atom. The summed E-state index contributed by atoms with van der Waals surface area (Å²) in [6.45, 7) is 0. The molecule has 0 spiro atoms. The van der Waals surface area contributed by atoms with Gasteiger partial charge in [0.05, 0.1) is 5.52 Å². The maximum Gasteiger partial charge on any atom is 0.201 e. The molecule has 1 aliphatic carbocycles. The fourth-order valence-electron chi connectivity index (χ4n) is 3.38. The fourth-order valence-corrected chi connectivity index (χ4v) is 3.38. The first-order chi connectivity index (χ1) is 10.2. The number of hydrogen-bond donors (Lipinski definition) is 1. The number of nitrogens with two attached hydrogens (primary N) is 1. The molecule has 0 aliphatic heterocycles. The molecule has 0 saturated heterocycles. The third-order valence-electron chi connectivity index (χ3n) is 4.38. The number of hydrogen-bond acceptors (Lipinski definition) is 2. The van der Waals surface area contributed by atoms with Gasteiger partial charge >= 0.3 is 0 Å². The normalized spacial score (nSPS) is 17.9. The van der Waals surface area contributed by atoms with Gasteiger partial charge in [-0.3, -0.25) is 0 Å². The van der Waals surface area contributed by atoms with E-state index in [0.29, 0.717) is 11.5 Å². The molecule has 0 fully saturated rings. The summed E-state index contributed by atoms with van der Waals surface area (Å²) in [6, 6.07) is 13.8. The first-order valence-electron chi connectivity index (χ1n) is 7.23. The third-order valence-corrected chi connectivity index (χ3v) is 4.38. The van der Waals surface area contributed by atoms with Crippen LogP contribution >= 0.6 is 0 Å². The minimum absolute atomic E-state index is 0.242. The van der Waals surface area contributed by atoms with Gasteiger partial charge in [0.25, 0.3) is 0 Å². The molecule has 0 amide bonds. The number of anilines is 1. The molecule has 1 unspecified atom stereocenters. The summed E-state index contributed by atoms with van der Waals surface area (Å²) in [4.78, 5) is 4.21. The van der Waals surface area contributed by atoms with Crippen molar-refractivity contribution >= 4 is 17.0 Å². The number of nitrogens with zero attached hydrogens (tertiary/aromatic N) is 2. The van der Waals surface area contributed by atoms with Crippen LogP contribution in [0.5, 0.6) is 0 Å². The maximum absolute atomic E-state index is 13.9. The van der Waals surface area contributed by atoms with Crippen LogP contribution in [0.3, 0.4) is 0 Å². The largest absolute Gasteiger partial charge is 0.369 e. The molecule has 4 heteroatoms. The van der Waals surface area contributed by atoms with Crippen molar-refractivity contribution in [2.45, 2.75) is 25.3 Å². The van der Waals surface area contributed by atoms with Gasteiger partial charge in [0, 0.05) is 6.04 Å². The smallest absolute Gasteiger partial charge is 0.201 e. The van der Waals surface area contributed by atoms with Crippen LogP contribution in [-0.2, 0) is 12.8 Å².